The lowest BCUT2D eigenvalue weighted by Gasteiger charge is -2.27. The monoisotopic (exact) mass is 315 g/mol. The van der Waals surface area contributed by atoms with Gasteiger partial charge in [0.1, 0.15) is 12.0 Å². The number of benzene rings is 1. The first-order valence-corrected chi connectivity index (χ1v) is 7.17. The van der Waals surface area contributed by atoms with Crippen LogP contribution in [0.5, 0.6) is 5.75 Å². The summed E-state index contributed by atoms with van der Waals surface area (Å²) in [5.41, 5.74) is 1.66. The van der Waals surface area contributed by atoms with Gasteiger partial charge in [-0.25, -0.2) is 4.98 Å². The smallest absolute Gasteiger partial charge is 0.312 e. The summed E-state index contributed by atoms with van der Waals surface area (Å²) in [5.74, 6) is 1.05. The second kappa shape index (κ2) is 5.47. The number of fused-ring (bicyclic) bond motifs is 1. The molecular formula is C15H14FN5O2. The second-order valence-corrected chi connectivity index (χ2v) is 5.13. The van der Waals surface area contributed by atoms with E-state index in [9.17, 15) is 4.39 Å². The molecule has 1 aromatic carbocycles. The molecule has 8 heteroatoms. The van der Waals surface area contributed by atoms with Gasteiger partial charge in [-0.2, -0.15) is 14.4 Å². The topological polar surface area (TPSA) is 74.1 Å². The Hall–Kier alpha value is -2.74. The molecule has 3 heterocycles. The normalized spacial score (nSPS) is 17.0. The Kier molecular flexibility index (Phi) is 3.30. The van der Waals surface area contributed by atoms with E-state index >= 15 is 0 Å². The first kappa shape index (κ1) is 13.9. The molecule has 118 valence electrons. The molecule has 4 rings (SSSR count). The molecule has 7 nitrogen and oxygen atoms in total. The first-order valence-electron chi connectivity index (χ1n) is 7.17. The fraction of sp³-hybridized carbons (Fsp3) is 0.267. The molecule has 1 N–H and O–H groups in total. The lowest BCUT2D eigenvalue weighted by atomic mass is 10.3. The van der Waals surface area contributed by atoms with Crippen LogP contribution in [0.2, 0.25) is 0 Å². The maximum Gasteiger partial charge on any atom is 0.312 e. The third-order valence-electron chi connectivity index (χ3n) is 3.73. The van der Waals surface area contributed by atoms with E-state index in [2.05, 4.69) is 20.3 Å². The minimum atomic E-state index is -0.811. The highest BCUT2D eigenvalue weighted by atomic mass is 19.1. The number of hydrogen-bond donors (Lipinski definition) is 1. The van der Waals surface area contributed by atoms with E-state index < -0.39 is 6.08 Å². The van der Waals surface area contributed by atoms with Crippen molar-refractivity contribution in [3.8, 4) is 5.75 Å². The molecule has 0 amide bonds. The number of ether oxygens (including phenoxy) is 2. The molecule has 0 spiro atoms. The van der Waals surface area contributed by atoms with Crippen molar-refractivity contribution in [3.63, 3.8) is 0 Å². The summed E-state index contributed by atoms with van der Waals surface area (Å²) < 4.78 is 26.0. The van der Waals surface area contributed by atoms with Gasteiger partial charge in [0.25, 0.3) is 0 Å². The van der Waals surface area contributed by atoms with Crippen molar-refractivity contribution in [1.82, 2.24) is 19.5 Å². The largest absolute Gasteiger partial charge is 0.497 e. The Morgan fingerprint density at radius 3 is 2.74 bits per heavy atom. The van der Waals surface area contributed by atoms with E-state index in [1.807, 2.05) is 12.1 Å². The molecule has 0 radical (unpaired) electrons. The van der Waals surface area contributed by atoms with Crippen LogP contribution in [0.4, 0.5) is 15.9 Å². The minimum absolute atomic E-state index is 0.136. The van der Waals surface area contributed by atoms with Crippen molar-refractivity contribution in [2.75, 3.05) is 19.0 Å². The van der Waals surface area contributed by atoms with E-state index in [1.54, 1.807) is 30.1 Å². The summed E-state index contributed by atoms with van der Waals surface area (Å²) in [5, 5.41) is 3.06. The number of methoxy groups -OCH3 is 1. The minimum Gasteiger partial charge on any atom is -0.497 e. The molecule has 1 aliphatic heterocycles. The number of anilines is 2. The van der Waals surface area contributed by atoms with Gasteiger partial charge in [-0.1, -0.05) is 0 Å². The van der Waals surface area contributed by atoms with E-state index in [4.69, 9.17) is 9.47 Å². The van der Waals surface area contributed by atoms with Gasteiger partial charge >= 0.3 is 6.08 Å². The number of hydrogen-bond acceptors (Lipinski definition) is 6. The summed E-state index contributed by atoms with van der Waals surface area (Å²) >= 11 is 0. The highest BCUT2D eigenvalue weighted by Crippen LogP contribution is 2.29. The summed E-state index contributed by atoms with van der Waals surface area (Å²) in [6.45, 7) is 0.689. The first-order chi connectivity index (χ1) is 11.2. The molecule has 2 aromatic heterocycles. The third-order valence-corrected chi connectivity index (χ3v) is 3.73. The molecule has 0 saturated carbocycles. The number of nitrogens with one attached hydrogen (secondary N) is 1. The highest BCUT2D eigenvalue weighted by molar-refractivity contribution is 5.85. The van der Waals surface area contributed by atoms with Crippen LogP contribution in [0, 0.1) is 6.08 Å². The number of imidazole rings is 1. The zero-order valence-corrected chi connectivity index (χ0v) is 12.4. The molecule has 1 unspecified atom stereocenters. The Labute approximate surface area is 131 Å². The van der Waals surface area contributed by atoms with Gasteiger partial charge < -0.3 is 14.8 Å². The molecule has 0 bridgehead atoms. The zero-order chi connectivity index (χ0) is 15.8. The van der Waals surface area contributed by atoms with Crippen LogP contribution in [0.15, 0.2) is 30.6 Å². The molecule has 23 heavy (non-hydrogen) atoms. The van der Waals surface area contributed by atoms with Crippen LogP contribution in [0.25, 0.3) is 11.2 Å². The number of rotatable bonds is 4. The Balaban J connectivity index is 1.72. The number of halogens is 1. The standard InChI is InChI=1S/C15H14FN5O2/c1-22-10-4-2-9(3-5-10)18-13-12-14(20-15(16)19-13)21(8-17-12)11-6-7-23-11/h2-5,8,11H,6-7H2,1H3,(H,18,19,20). The molecule has 1 atom stereocenters. The predicted octanol–water partition coefficient (Wildman–Crippen LogP) is 2.64. The third kappa shape index (κ3) is 2.46. The maximum absolute atomic E-state index is 13.8. The Morgan fingerprint density at radius 1 is 1.30 bits per heavy atom. The van der Waals surface area contributed by atoms with Crippen molar-refractivity contribution in [2.24, 2.45) is 0 Å². The van der Waals surface area contributed by atoms with Crippen LogP contribution < -0.4 is 10.1 Å². The second-order valence-electron chi connectivity index (χ2n) is 5.13. The Bertz CT molecular complexity index is 845. The summed E-state index contributed by atoms with van der Waals surface area (Å²) in [4.78, 5) is 12.0. The summed E-state index contributed by atoms with van der Waals surface area (Å²) in [7, 11) is 1.60. The van der Waals surface area contributed by atoms with Gasteiger partial charge in [0.2, 0.25) is 0 Å². The molecule has 1 fully saturated rings. The lowest BCUT2D eigenvalue weighted by molar-refractivity contribution is -0.0974. The van der Waals surface area contributed by atoms with Crippen molar-refractivity contribution in [2.45, 2.75) is 12.6 Å². The summed E-state index contributed by atoms with van der Waals surface area (Å²) in [6, 6.07) is 7.24. The Morgan fingerprint density at radius 2 is 2.09 bits per heavy atom. The van der Waals surface area contributed by atoms with Gasteiger partial charge in [-0.15, -0.1) is 0 Å². The van der Waals surface area contributed by atoms with Gasteiger partial charge in [-0.3, -0.25) is 4.57 Å². The summed E-state index contributed by atoms with van der Waals surface area (Å²) in [6.07, 6.45) is 1.51. The fourth-order valence-corrected chi connectivity index (χ4v) is 2.44. The van der Waals surface area contributed by atoms with E-state index in [0.29, 0.717) is 23.6 Å². The molecule has 1 saturated heterocycles. The quantitative estimate of drug-likeness (QED) is 0.746. The van der Waals surface area contributed by atoms with Crippen LogP contribution in [-0.4, -0.2) is 33.2 Å². The van der Waals surface area contributed by atoms with Crippen molar-refractivity contribution >= 4 is 22.7 Å². The van der Waals surface area contributed by atoms with Gasteiger partial charge in [0, 0.05) is 12.1 Å². The molecule has 0 aliphatic carbocycles. The van der Waals surface area contributed by atoms with Crippen LogP contribution >= 0.6 is 0 Å². The maximum atomic E-state index is 13.8. The predicted molar refractivity (Wildman–Crippen MR) is 81.2 cm³/mol. The van der Waals surface area contributed by atoms with E-state index in [0.717, 1.165) is 17.9 Å². The molecular weight excluding hydrogens is 301 g/mol. The van der Waals surface area contributed by atoms with E-state index in [1.165, 1.54) is 0 Å². The van der Waals surface area contributed by atoms with Crippen molar-refractivity contribution in [3.05, 3.63) is 36.7 Å². The van der Waals surface area contributed by atoms with Gasteiger partial charge in [0.15, 0.2) is 17.0 Å². The van der Waals surface area contributed by atoms with Crippen LogP contribution in [-0.2, 0) is 4.74 Å². The fourth-order valence-electron chi connectivity index (χ4n) is 2.44. The number of aromatic nitrogens is 4. The van der Waals surface area contributed by atoms with Crippen LogP contribution in [0.1, 0.15) is 12.6 Å². The van der Waals surface area contributed by atoms with Gasteiger partial charge in [0.05, 0.1) is 20.0 Å². The SMILES string of the molecule is COc1ccc(Nc2nc(F)nc3c2ncn3C2CCO2)cc1. The molecule has 1 aliphatic rings. The van der Waals surface area contributed by atoms with Gasteiger partial charge in [-0.05, 0) is 24.3 Å². The van der Waals surface area contributed by atoms with Crippen molar-refractivity contribution < 1.29 is 13.9 Å². The lowest BCUT2D eigenvalue weighted by Crippen LogP contribution is -2.24. The average molecular weight is 315 g/mol. The average Bonchev–Trinajstić information content (AvgIpc) is 2.90. The molecule has 3 aromatic rings. The zero-order valence-electron chi connectivity index (χ0n) is 12.4. The van der Waals surface area contributed by atoms with E-state index in [-0.39, 0.29) is 6.23 Å². The highest BCUT2D eigenvalue weighted by Gasteiger charge is 2.24. The number of nitrogens with zero attached hydrogens (tertiary/aromatic N) is 4. The van der Waals surface area contributed by atoms with Crippen molar-refractivity contribution in [1.29, 1.82) is 0 Å². The van der Waals surface area contributed by atoms with Crippen LogP contribution in [0.3, 0.4) is 0 Å².